The maximum Gasteiger partial charge on any atom is 0.275 e. The molecule has 2 aromatic rings. The van der Waals surface area contributed by atoms with E-state index >= 15 is 0 Å². The highest BCUT2D eigenvalue weighted by atomic mass is 16.1. The number of aromatic amines is 1. The zero-order chi connectivity index (χ0) is 18.1. The maximum atomic E-state index is 12.5. The molecule has 0 saturated carbocycles. The molecule has 0 aromatic carbocycles. The van der Waals surface area contributed by atoms with Gasteiger partial charge in [-0.25, -0.2) is 4.98 Å². The number of carbonyl (C=O) groups is 1. The van der Waals surface area contributed by atoms with Gasteiger partial charge in [-0.05, 0) is 33.6 Å². The molecule has 0 radical (unpaired) electrons. The van der Waals surface area contributed by atoms with Gasteiger partial charge in [0.25, 0.3) is 5.56 Å². The minimum atomic E-state index is -0.234. The van der Waals surface area contributed by atoms with Crippen molar-refractivity contribution in [2.45, 2.75) is 46.2 Å². The first-order valence-electron chi connectivity index (χ1n) is 8.64. The smallest absolute Gasteiger partial charge is 0.275 e. The Morgan fingerprint density at radius 1 is 1.44 bits per heavy atom. The second kappa shape index (κ2) is 6.84. The van der Waals surface area contributed by atoms with E-state index in [0.717, 1.165) is 30.8 Å². The number of H-pyrrole nitrogens is 1. The van der Waals surface area contributed by atoms with E-state index in [9.17, 15) is 9.59 Å². The van der Waals surface area contributed by atoms with Crippen molar-refractivity contribution >= 4 is 22.6 Å². The van der Waals surface area contributed by atoms with Gasteiger partial charge in [0, 0.05) is 25.7 Å². The number of aromatic nitrogens is 3. The van der Waals surface area contributed by atoms with Crippen molar-refractivity contribution in [2.24, 2.45) is 5.73 Å². The molecule has 1 fully saturated rings. The highest BCUT2D eigenvalue weighted by Crippen LogP contribution is 2.32. The van der Waals surface area contributed by atoms with Crippen LogP contribution in [0.2, 0.25) is 0 Å². The van der Waals surface area contributed by atoms with Crippen LogP contribution in [0.4, 0.5) is 5.82 Å². The van der Waals surface area contributed by atoms with Gasteiger partial charge >= 0.3 is 0 Å². The van der Waals surface area contributed by atoms with Gasteiger partial charge in [-0.3, -0.25) is 9.59 Å². The Morgan fingerprint density at radius 3 is 2.84 bits per heavy atom. The first-order valence-corrected chi connectivity index (χ1v) is 8.64. The predicted molar refractivity (Wildman–Crippen MR) is 99.2 cm³/mol. The molecule has 25 heavy (non-hydrogen) atoms. The number of anilines is 1. The molecule has 134 valence electrons. The predicted octanol–water partition coefficient (Wildman–Crippen LogP) is 1.82. The van der Waals surface area contributed by atoms with Gasteiger partial charge < -0.3 is 20.2 Å². The van der Waals surface area contributed by atoms with Crippen molar-refractivity contribution in [1.82, 2.24) is 14.5 Å². The Morgan fingerprint density at radius 2 is 2.20 bits per heavy atom. The monoisotopic (exact) mass is 343 g/mol. The molecule has 1 aliphatic rings. The van der Waals surface area contributed by atoms with Crippen LogP contribution in [0, 0.1) is 0 Å². The molecule has 3 N–H and O–H groups in total. The first kappa shape index (κ1) is 17.4. The zero-order valence-electron chi connectivity index (χ0n) is 15.0. The molecule has 1 aliphatic heterocycles. The van der Waals surface area contributed by atoms with Crippen LogP contribution >= 0.6 is 0 Å². The fourth-order valence-electron chi connectivity index (χ4n) is 3.48. The van der Waals surface area contributed by atoms with Crippen LogP contribution in [0.3, 0.4) is 0 Å². The van der Waals surface area contributed by atoms with Gasteiger partial charge in [0.1, 0.15) is 16.9 Å². The summed E-state index contributed by atoms with van der Waals surface area (Å²) in [5, 5.41) is 0. The van der Waals surface area contributed by atoms with Crippen LogP contribution < -0.4 is 16.2 Å². The van der Waals surface area contributed by atoms with E-state index in [1.807, 2.05) is 24.5 Å². The highest BCUT2D eigenvalue weighted by molar-refractivity contribution is 6.10. The number of nitrogens with one attached hydrogen (secondary N) is 1. The number of rotatable bonds is 4. The molecule has 2 aromatic heterocycles. The molecule has 3 heterocycles. The minimum Gasteiger partial charge on any atom is -0.356 e. The number of hydrogen-bond acceptors (Lipinski definition) is 5. The van der Waals surface area contributed by atoms with Crippen LogP contribution in [0.1, 0.15) is 44.0 Å². The molecule has 1 unspecified atom stereocenters. The van der Waals surface area contributed by atoms with Crippen molar-refractivity contribution in [3.05, 3.63) is 33.9 Å². The van der Waals surface area contributed by atoms with Crippen molar-refractivity contribution in [3.8, 4) is 0 Å². The molecule has 0 amide bonds. The van der Waals surface area contributed by atoms with E-state index in [1.54, 1.807) is 0 Å². The van der Waals surface area contributed by atoms with Crippen LogP contribution in [-0.2, 0) is 6.54 Å². The lowest BCUT2D eigenvalue weighted by Gasteiger charge is -2.33. The third kappa shape index (κ3) is 3.24. The quantitative estimate of drug-likeness (QED) is 0.652. The van der Waals surface area contributed by atoms with Crippen molar-refractivity contribution < 1.29 is 4.79 Å². The maximum absolute atomic E-state index is 12.5. The third-order valence-electron chi connectivity index (χ3n) is 4.61. The van der Waals surface area contributed by atoms with Crippen molar-refractivity contribution in [3.63, 3.8) is 0 Å². The van der Waals surface area contributed by atoms with Gasteiger partial charge in [-0.15, -0.1) is 0 Å². The number of hydrogen-bond donors (Lipinski definition) is 2. The topological polar surface area (TPSA) is 97.0 Å². The summed E-state index contributed by atoms with van der Waals surface area (Å²) >= 11 is 0. The molecule has 3 rings (SSSR count). The highest BCUT2D eigenvalue weighted by Gasteiger charge is 2.29. The summed E-state index contributed by atoms with van der Waals surface area (Å²) in [6.45, 7) is 7.55. The molecule has 0 aliphatic carbocycles. The summed E-state index contributed by atoms with van der Waals surface area (Å²) in [6.07, 6.45) is 5.34. The molecular formula is C18H25N5O2. The molecule has 7 nitrogen and oxygen atoms in total. The Bertz CT molecular complexity index is 889. The van der Waals surface area contributed by atoms with E-state index < -0.39 is 0 Å². The lowest BCUT2D eigenvalue weighted by Crippen LogP contribution is -2.44. The Hall–Kier alpha value is -2.41. The zero-order valence-corrected chi connectivity index (χ0v) is 15.0. The molecule has 0 bridgehead atoms. The van der Waals surface area contributed by atoms with E-state index in [-0.39, 0.29) is 17.4 Å². The van der Waals surface area contributed by atoms with E-state index in [0.29, 0.717) is 29.7 Å². The summed E-state index contributed by atoms with van der Waals surface area (Å²) < 4.78 is 1.91. The lowest BCUT2D eigenvalue weighted by atomic mass is 10.1. The van der Waals surface area contributed by atoms with E-state index in [4.69, 9.17) is 5.73 Å². The molecule has 0 spiro atoms. The van der Waals surface area contributed by atoms with Gasteiger partial charge in [0.2, 0.25) is 0 Å². The summed E-state index contributed by atoms with van der Waals surface area (Å²) in [4.78, 5) is 34.0. The molecular weight excluding hydrogens is 318 g/mol. The number of Topliss-reactive ketones (excluding diaryl/α,β-unsaturated/α-hetero) is 1. The fourth-order valence-corrected chi connectivity index (χ4v) is 3.48. The Kier molecular flexibility index (Phi) is 4.76. The number of nitrogens with zero attached hydrogens (tertiary/aromatic N) is 3. The molecule has 7 heteroatoms. The average molecular weight is 343 g/mol. The van der Waals surface area contributed by atoms with Crippen LogP contribution in [0.5, 0.6) is 0 Å². The number of nitrogens with two attached hydrogens (primary N) is 1. The SMILES string of the molecule is CC(=O)c1c(N2CCCC(N)C2)n(CC=C(C)C)c2c(=O)[nH]cnc12. The summed E-state index contributed by atoms with van der Waals surface area (Å²) in [7, 11) is 0. The fraction of sp³-hybridized carbons (Fsp3) is 0.500. The molecule has 1 atom stereocenters. The number of piperidine rings is 1. The van der Waals surface area contributed by atoms with E-state index in [1.165, 1.54) is 13.3 Å². The van der Waals surface area contributed by atoms with Gasteiger partial charge in [-0.1, -0.05) is 11.6 Å². The summed E-state index contributed by atoms with van der Waals surface area (Å²) in [5.74, 6) is 0.674. The number of carbonyl (C=O) groups excluding carboxylic acids is 1. The second-order valence-corrected chi connectivity index (χ2v) is 6.92. The lowest BCUT2D eigenvalue weighted by molar-refractivity contribution is 0.101. The van der Waals surface area contributed by atoms with Crippen LogP contribution in [-0.4, -0.2) is 39.4 Å². The van der Waals surface area contributed by atoms with Crippen LogP contribution in [0.15, 0.2) is 22.8 Å². The average Bonchev–Trinajstić information content (AvgIpc) is 2.88. The minimum absolute atomic E-state index is 0.0646. The standard InChI is InChI=1S/C18H25N5O2/c1-11(2)6-8-23-16-15(20-10-21-17(16)25)14(12(3)24)18(23)22-7-4-5-13(19)9-22/h6,10,13H,4-5,7-9,19H2,1-3H3,(H,20,21,25). The van der Waals surface area contributed by atoms with E-state index in [2.05, 4.69) is 14.9 Å². The van der Waals surface area contributed by atoms with Crippen LogP contribution in [0.25, 0.3) is 11.0 Å². The largest absolute Gasteiger partial charge is 0.356 e. The summed E-state index contributed by atoms with van der Waals surface area (Å²) in [5.41, 5.74) is 8.49. The summed E-state index contributed by atoms with van der Waals surface area (Å²) in [6, 6.07) is 0.0646. The number of allylic oxidation sites excluding steroid dienone is 2. The Balaban J connectivity index is 2.31. The number of ketones is 1. The first-order chi connectivity index (χ1) is 11.9. The third-order valence-corrected chi connectivity index (χ3v) is 4.61. The normalized spacial score (nSPS) is 17.8. The molecule has 1 saturated heterocycles. The van der Waals surface area contributed by atoms with Crippen molar-refractivity contribution in [1.29, 1.82) is 0 Å². The van der Waals surface area contributed by atoms with Gasteiger partial charge in [-0.2, -0.15) is 0 Å². The number of fused-ring (bicyclic) bond motifs is 1. The van der Waals surface area contributed by atoms with Crippen molar-refractivity contribution in [2.75, 3.05) is 18.0 Å². The van der Waals surface area contributed by atoms with Gasteiger partial charge in [0.15, 0.2) is 5.78 Å². The Labute approximate surface area is 146 Å². The second-order valence-electron chi connectivity index (χ2n) is 6.92. The van der Waals surface area contributed by atoms with Gasteiger partial charge in [0.05, 0.1) is 11.9 Å².